The van der Waals surface area contributed by atoms with E-state index in [2.05, 4.69) is 34.6 Å². The highest BCUT2D eigenvalue weighted by Gasteiger charge is 1.75. The molecule has 0 aromatic carbocycles. The van der Waals surface area contributed by atoms with Gasteiger partial charge in [-0.15, -0.1) is 0 Å². The summed E-state index contributed by atoms with van der Waals surface area (Å²) < 4.78 is 0. The summed E-state index contributed by atoms with van der Waals surface area (Å²) in [5.41, 5.74) is 0. The van der Waals surface area contributed by atoms with Crippen molar-refractivity contribution in [2.24, 2.45) is 5.92 Å². The summed E-state index contributed by atoms with van der Waals surface area (Å²) in [4.78, 5) is 0. The first-order valence-electron chi connectivity index (χ1n) is 4.27. The minimum atomic E-state index is 0.583. The van der Waals surface area contributed by atoms with Gasteiger partial charge < -0.3 is 0 Å². The zero-order valence-corrected chi connectivity index (χ0v) is 7.82. The lowest BCUT2D eigenvalue weighted by Crippen LogP contribution is -1.67. The molecule has 0 N–H and O–H groups in total. The zero-order valence-electron chi connectivity index (χ0n) is 7.82. The van der Waals surface area contributed by atoms with E-state index in [0.717, 1.165) is 6.42 Å². The third kappa shape index (κ3) is 43.6. The first-order valence-corrected chi connectivity index (χ1v) is 4.27. The van der Waals surface area contributed by atoms with Crippen LogP contribution < -0.4 is 0 Å². The Kier molecular flexibility index (Phi) is 14.9. The van der Waals surface area contributed by atoms with Crippen LogP contribution in [0.15, 0.2) is 0 Å². The van der Waals surface area contributed by atoms with Gasteiger partial charge in [0.15, 0.2) is 0 Å². The van der Waals surface area contributed by atoms with Crippen molar-refractivity contribution in [1.29, 1.82) is 0 Å². The van der Waals surface area contributed by atoms with Crippen LogP contribution in [0.1, 0.15) is 46.5 Å². The van der Waals surface area contributed by atoms with Gasteiger partial charge in [-0.25, -0.2) is 0 Å². The molecule has 0 saturated carbocycles. The van der Waals surface area contributed by atoms with Crippen molar-refractivity contribution in [2.75, 3.05) is 0 Å². The predicted molar refractivity (Wildman–Crippen MR) is 49.7 cm³/mol. The van der Waals surface area contributed by atoms with Crippen molar-refractivity contribution < 1.29 is 0 Å². The minimum absolute atomic E-state index is 0.583. The molecule has 0 aromatic heterocycles. The Hall–Kier alpha value is 0. The van der Waals surface area contributed by atoms with Crippen LogP contribution in [0.25, 0.3) is 0 Å². The molecule has 2 radical (unpaired) electrons. The molecule has 62 valence electrons. The molecule has 0 amide bonds. The van der Waals surface area contributed by atoms with Crippen LogP contribution in [0.4, 0.5) is 0 Å². The summed E-state index contributed by atoms with van der Waals surface area (Å²) in [6, 6.07) is 0. The second-order valence-corrected chi connectivity index (χ2v) is 2.95. The van der Waals surface area contributed by atoms with Gasteiger partial charge in [-0.2, -0.15) is 0 Å². The largest absolute Gasteiger partial charge is 0.0654 e. The Morgan fingerprint density at radius 2 is 1.60 bits per heavy atom. The molecule has 0 aliphatic rings. The average molecular weight is 142 g/mol. The molecule has 0 nitrogen and oxygen atoms in total. The van der Waals surface area contributed by atoms with Gasteiger partial charge in [-0.05, 0) is 5.92 Å². The molecule has 0 atom stereocenters. The quantitative estimate of drug-likeness (QED) is 0.525. The van der Waals surface area contributed by atoms with Gasteiger partial charge in [-0.3, -0.25) is 0 Å². The van der Waals surface area contributed by atoms with E-state index in [9.17, 15) is 0 Å². The molecule has 0 aliphatic heterocycles. The molecule has 0 unspecified atom stereocenters. The molecular weight excluding hydrogens is 120 g/mol. The van der Waals surface area contributed by atoms with Gasteiger partial charge in [0.2, 0.25) is 0 Å². The fraction of sp³-hybridized carbons (Fsp3) is 0.800. The van der Waals surface area contributed by atoms with E-state index in [0.29, 0.717) is 5.92 Å². The second-order valence-electron chi connectivity index (χ2n) is 2.95. The maximum absolute atomic E-state index is 3.72. The van der Waals surface area contributed by atoms with Crippen LogP contribution in [0, 0.1) is 19.8 Å². The van der Waals surface area contributed by atoms with E-state index in [-0.39, 0.29) is 0 Å². The zero-order chi connectivity index (χ0) is 8.41. The van der Waals surface area contributed by atoms with Gasteiger partial charge in [0, 0.05) is 0 Å². The van der Waals surface area contributed by atoms with Gasteiger partial charge in [0.1, 0.15) is 0 Å². The highest BCUT2D eigenvalue weighted by molar-refractivity contribution is 4.39. The number of hydrogen-bond acceptors (Lipinski definition) is 0. The van der Waals surface area contributed by atoms with Crippen LogP contribution in [0.2, 0.25) is 0 Å². The number of hydrogen-bond donors (Lipinski definition) is 0. The van der Waals surface area contributed by atoms with E-state index in [1.807, 2.05) is 0 Å². The predicted octanol–water partition coefficient (Wildman–Crippen LogP) is 3.88. The van der Waals surface area contributed by atoms with Crippen LogP contribution in [-0.2, 0) is 0 Å². The van der Waals surface area contributed by atoms with Crippen LogP contribution in [0.5, 0.6) is 0 Å². The Morgan fingerprint density at radius 1 is 1.20 bits per heavy atom. The first kappa shape index (κ1) is 12.7. The van der Waals surface area contributed by atoms with Gasteiger partial charge >= 0.3 is 0 Å². The summed E-state index contributed by atoms with van der Waals surface area (Å²) in [5.74, 6) is 0.583. The molecule has 0 aliphatic carbocycles. The van der Waals surface area contributed by atoms with E-state index in [1.54, 1.807) is 0 Å². The van der Waals surface area contributed by atoms with Crippen molar-refractivity contribution in [3.8, 4) is 0 Å². The molecule has 0 saturated heterocycles. The smallest absolute Gasteiger partial charge is 0.0471 e. The Balaban J connectivity index is 0. The fourth-order valence-electron chi connectivity index (χ4n) is 0.427. The lowest BCUT2D eigenvalue weighted by molar-refractivity contribution is 0.728. The molecule has 0 bridgehead atoms. The summed E-state index contributed by atoms with van der Waals surface area (Å²) in [7, 11) is 0. The summed E-state index contributed by atoms with van der Waals surface area (Å²) in [5, 5.41) is 0. The lowest BCUT2D eigenvalue weighted by atomic mass is 10.2. The van der Waals surface area contributed by atoms with Gasteiger partial charge in [0.25, 0.3) is 0 Å². The van der Waals surface area contributed by atoms with E-state index >= 15 is 0 Å². The van der Waals surface area contributed by atoms with Crippen molar-refractivity contribution >= 4 is 0 Å². The Bertz CT molecular complexity index is 30.5. The molecule has 0 fully saturated rings. The summed E-state index contributed by atoms with van der Waals surface area (Å²) in [6.07, 6.45) is 5.07. The maximum atomic E-state index is 3.72. The first-order chi connectivity index (χ1) is 4.65. The molecule has 0 rings (SSSR count). The standard InChI is InChI=1S/C6H13.C4H9/c1-3-5-6-4-2;1-4(2)3/h1,3-6H2,2H3;4H,1H2,2-3H3. The molecule has 0 aromatic rings. The second kappa shape index (κ2) is 11.8. The highest BCUT2D eigenvalue weighted by atomic mass is 13.8. The van der Waals surface area contributed by atoms with Crippen LogP contribution in [0.3, 0.4) is 0 Å². The minimum Gasteiger partial charge on any atom is -0.0654 e. The van der Waals surface area contributed by atoms with Crippen molar-refractivity contribution in [1.82, 2.24) is 0 Å². The molecule has 0 heteroatoms. The molecular formula is C10H22. The average Bonchev–Trinajstić information content (AvgIpc) is 1.82. The number of rotatable bonds is 3. The van der Waals surface area contributed by atoms with E-state index in [4.69, 9.17) is 0 Å². The van der Waals surface area contributed by atoms with E-state index in [1.165, 1.54) is 19.3 Å². The maximum Gasteiger partial charge on any atom is -0.0471 e. The van der Waals surface area contributed by atoms with Gasteiger partial charge in [0.05, 0.1) is 0 Å². The Labute approximate surface area is 67.0 Å². The fourth-order valence-corrected chi connectivity index (χ4v) is 0.427. The van der Waals surface area contributed by atoms with Crippen molar-refractivity contribution in [3.05, 3.63) is 13.8 Å². The lowest BCUT2D eigenvalue weighted by Gasteiger charge is -1.86. The highest BCUT2D eigenvalue weighted by Crippen LogP contribution is 1.95. The van der Waals surface area contributed by atoms with E-state index < -0.39 is 0 Å². The van der Waals surface area contributed by atoms with Gasteiger partial charge in [-0.1, -0.05) is 60.3 Å². The van der Waals surface area contributed by atoms with Crippen LogP contribution >= 0.6 is 0 Å². The third-order valence-corrected chi connectivity index (χ3v) is 0.854. The summed E-state index contributed by atoms with van der Waals surface area (Å²) in [6.45, 7) is 13.7. The SMILES string of the molecule is [CH2]C(C)C.[CH2]CCCCC. The molecule has 0 heterocycles. The molecule has 0 spiro atoms. The van der Waals surface area contributed by atoms with Crippen molar-refractivity contribution in [3.63, 3.8) is 0 Å². The molecule has 10 heavy (non-hydrogen) atoms. The summed E-state index contributed by atoms with van der Waals surface area (Å²) >= 11 is 0. The normalized spacial score (nSPS) is 9.00. The third-order valence-electron chi connectivity index (χ3n) is 0.854. The number of unbranched alkanes of at least 4 members (excludes halogenated alkanes) is 3. The monoisotopic (exact) mass is 142 g/mol. The Morgan fingerprint density at radius 3 is 1.70 bits per heavy atom. The topological polar surface area (TPSA) is 0 Å². The van der Waals surface area contributed by atoms with Crippen molar-refractivity contribution in [2.45, 2.75) is 46.5 Å². The van der Waals surface area contributed by atoms with Crippen LogP contribution in [-0.4, -0.2) is 0 Å².